The minimum absolute atomic E-state index is 0.228. The molecule has 3 fully saturated rings. The molecule has 2 heterocycles. The summed E-state index contributed by atoms with van der Waals surface area (Å²) in [5, 5.41) is 3.72. The predicted octanol–water partition coefficient (Wildman–Crippen LogP) is 3.80. The standard InChI is InChI=1S/C18H26N2O/c1-2-12-20(11-1)17-6-4-15(5-7-17)19-16-8-13-21-18(14-16)9-3-10-18/h4-7,16,19H,1-3,8-14H2. The van der Waals surface area contributed by atoms with Crippen molar-refractivity contribution >= 4 is 11.4 Å². The molecule has 1 unspecified atom stereocenters. The molecule has 1 aromatic rings. The minimum atomic E-state index is 0.228. The first kappa shape index (κ1) is 13.4. The molecule has 3 heteroatoms. The van der Waals surface area contributed by atoms with Gasteiger partial charge in [-0.25, -0.2) is 0 Å². The number of hydrogen-bond donors (Lipinski definition) is 1. The summed E-state index contributed by atoms with van der Waals surface area (Å²) in [6, 6.07) is 9.61. The van der Waals surface area contributed by atoms with Crippen molar-refractivity contribution < 1.29 is 4.74 Å². The van der Waals surface area contributed by atoms with Crippen molar-refractivity contribution in [3.8, 4) is 0 Å². The molecule has 4 rings (SSSR count). The van der Waals surface area contributed by atoms with E-state index in [1.54, 1.807) is 0 Å². The van der Waals surface area contributed by atoms with Crippen molar-refractivity contribution in [1.29, 1.82) is 0 Å². The van der Waals surface area contributed by atoms with E-state index in [2.05, 4.69) is 34.5 Å². The Kier molecular flexibility index (Phi) is 3.54. The van der Waals surface area contributed by atoms with Gasteiger partial charge < -0.3 is 15.0 Å². The Bertz CT molecular complexity index is 474. The SMILES string of the molecule is c1cc(N2CCCC2)ccc1NC1CCOC2(CCC2)C1. The third-order valence-electron chi connectivity index (χ3n) is 5.47. The number of nitrogens with one attached hydrogen (secondary N) is 1. The van der Waals surface area contributed by atoms with E-state index in [4.69, 9.17) is 4.74 Å². The fourth-order valence-corrected chi connectivity index (χ4v) is 4.05. The van der Waals surface area contributed by atoms with Crippen LogP contribution in [0.2, 0.25) is 0 Å². The average molecular weight is 286 g/mol. The second-order valence-electron chi connectivity index (χ2n) is 6.96. The lowest BCUT2D eigenvalue weighted by Gasteiger charge is -2.47. The van der Waals surface area contributed by atoms with Crippen molar-refractivity contribution in [3.63, 3.8) is 0 Å². The molecule has 1 N–H and O–H groups in total. The smallest absolute Gasteiger partial charge is 0.0702 e. The zero-order valence-corrected chi connectivity index (χ0v) is 12.8. The van der Waals surface area contributed by atoms with Gasteiger partial charge in [-0.2, -0.15) is 0 Å². The number of benzene rings is 1. The van der Waals surface area contributed by atoms with E-state index in [0.717, 1.165) is 13.0 Å². The van der Waals surface area contributed by atoms with Crippen molar-refractivity contribution in [2.24, 2.45) is 0 Å². The molecule has 1 aliphatic carbocycles. The van der Waals surface area contributed by atoms with Gasteiger partial charge in [0.1, 0.15) is 0 Å². The molecule has 0 radical (unpaired) electrons. The normalized spacial score (nSPS) is 27.6. The van der Waals surface area contributed by atoms with Gasteiger partial charge in [0.15, 0.2) is 0 Å². The van der Waals surface area contributed by atoms with Crippen LogP contribution in [0.3, 0.4) is 0 Å². The van der Waals surface area contributed by atoms with Gasteiger partial charge in [-0.3, -0.25) is 0 Å². The Morgan fingerprint density at radius 1 is 1.05 bits per heavy atom. The molecular weight excluding hydrogens is 260 g/mol. The summed E-state index contributed by atoms with van der Waals surface area (Å²) in [5.41, 5.74) is 2.87. The molecule has 3 nitrogen and oxygen atoms in total. The average Bonchev–Trinajstić information content (AvgIpc) is 3.01. The molecule has 0 amide bonds. The topological polar surface area (TPSA) is 24.5 Å². The predicted molar refractivity (Wildman–Crippen MR) is 87.1 cm³/mol. The first-order chi connectivity index (χ1) is 10.3. The molecule has 2 saturated heterocycles. The van der Waals surface area contributed by atoms with Gasteiger partial charge in [-0.1, -0.05) is 0 Å². The van der Waals surface area contributed by atoms with E-state index >= 15 is 0 Å². The Labute approximate surface area is 127 Å². The first-order valence-corrected chi connectivity index (χ1v) is 8.59. The Balaban J connectivity index is 1.37. The summed E-state index contributed by atoms with van der Waals surface area (Å²) in [7, 11) is 0. The van der Waals surface area contributed by atoms with Crippen molar-refractivity contribution in [2.75, 3.05) is 29.9 Å². The van der Waals surface area contributed by atoms with E-state index < -0.39 is 0 Å². The Morgan fingerprint density at radius 2 is 1.81 bits per heavy atom. The van der Waals surface area contributed by atoms with Crippen LogP contribution in [0, 0.1) is 0 Å². The highest BCUT2D eigenvalue weighted by Gasteiger charge is 2.42. The number of hydrogen-bond acceptors (Lipinski definition) is 3. The Morgan fingerprint density at radius 3 is 2.48 bits per heavy atom. The fraction of sp³-hybridized carbons (Fsp3) is 0.667. The Hall–Kier alpha value is -1.22. The van der Waals surface area contributed by atoms with Gasteiger partial charge in [0.2, 0.25) is 0 Å². The minimum Gasteiger partial charge on any atom is -0.382 e. The molecule has 2 aliphatic heterocycles. The van der Waals surface area contributed by atoms with Crippen molar-refractivity contribution in [3.05, 3.63) is 24.3 Å². The fourth-order valence-electron chi connectivity index (χ4n) is 4.05. The maximum absolute atomic E-state index is 6.01. The highest BCUT2D eigenvalue weighted by atomic mass is 16.5. The summed E-state index contributed by atoms with van der Waals surface area (Å²) >= 11 is 0. The lowest BCUT2D eigenvalue weighted by molar-refractivity contribution is -0.130. The first-order valence-electron chi connectivity index (χ1n) is 8.59. The van der Waals surface area contributed by atoms with Crippen LogP contribution in [0.4, 0.5) is 11.4 Å². The second kappa shape index (κ2) is 5.53. The van der Waals surface area contributed by atoms with Crippen molar-refractivity contribution in [1.82, 2.24) is 0 Å². The van der Waals surface area contributed by atoms with Gasteiger partial charge in [0, 0.05) is 37.1 Å². The molecule has 1 aromatic carbocycles. The van der Waals surface area contributed by atoms with Crippen LogP contribution in [0.25, 0.3) is 0 Å². The lowest BCUT2D eigenvalue weighted by Crippen LogP contribution is -2.48. The number of anilines is 2. The lowest BCUT2D eigenvalue weighted by atomic mass is 9.74. The van der Waals surface area contributed by atoms with Gasteiger partial charge in [0.25, 0.3) is 0 Å². The summed E-state index contributed by atoms with van der Waals surface area (Å²) in [6.45, 7) is 3.36. The second-order valence-corrected chi connectivity index (χ2v) is 6.96. The highest BCUT2D eigenvalue weighted by molar-refractivity contribution is 5.55. The van der Waals surface area contributed by atoms with Gasteiger partial charge in [-0.05, 0) is 69.2 Å². The number of rotatable bonds is 3. The van der Waals surface area contributed by atoms with Crippen LogP contribution in [-0.4, -0.2) is 31.3 Å². The molecule has 0 aromatic heterocycles. The van der Waals surface area contributed by atoms with Crippen LogP contribution in [0.15, 0.2) is 24.3 Å². The van der Waals surface area contributed by atoms with Crippen molar-refractivity contribution in [2.45, 2.75) is 56.6 Å². The monoisotopic (exact) mass is 286 g/mol. The van der Waals surface area contributed by atoms with Gasteiger partial charge in [-0.15, -0.1) is 0 Å². The van der Waals surface area contributed by atoms with Crippen LogP contribution < -0.4 is 10.2 Å². The third-order valence-corrected chi connectivity index (χ3v) is 5.47. The summed E-state index contributed by atoms with van der Waals surface area (Å²) in [5.74, 6) is 0. The summed E-state index contributed by atoms with van der Waals surface area (Å²) in [4.78, 5) is 2.49. The number of nitrogens with zero attached hydrogens (tertiary/aromatic N) is 1. The van der Waals surface area contributed by atoms with Gasteiger partial charge >= 0.3 is 0 Å². The summed E-state index contributed by atoms with van der Waals surface area (Å²) < 4.78 is 6.01. The summed E-state index contributed by atoms with van der Waals surface area (Å²) in [6.07, 6.45) is 8.86. The quantitative estimate of drug-likeness (QED) is 0.914. The zero-order chi connectivity index (χ0) is 14.1. The molecule has 1 saturated carbocycles. The van der Waals surface area contributed by atoms with E-state index in [-0.39, 0.29) is 5.60 Å². The molecule has 114 valence electrons. The van der Waals surface area contributed by atoms with E-state index in [0.29, 0.717) is 6.04 Å². The van der Waals surface area contributed by atoms with Crippen LogP contribution in [-0.2, 0) is 4.74 Å². The van der Waals surface area contributed by atoms with Crippen LogP contribution in [0.5, 0.6) is 0 Å². The molecule has 1 spiro atoms. The van der Waals surface area contributed by atoms with Crippen LogP contribution >= 0.6 is 0 Å². The largest absolute Gasteiger partial charge is 0.382 e. The van der Waals surface area contributed by atoms with E-state index in [9.17, 15) is 0 Å². The number of ether oxygens (including phenoxy) is 1. The molecule has 3 aliphatic rings. The van der Waals surface area contributed by atoms with E-state index in [1.807, 2.05) is 0 Å². The zero-order valence-electron chi connectivity index (χ0n) is 12.8. The highest BCUT2D eigenvalue weighted by Crippen LogP contribution is 2.42. The maximum atomic E-state index is 6.01. The van der Waals surface area contributed by atoms with Crippen LogP contribution in [0.1, 0.15) is 44.9 Å². The van der Waals surface area contributed by atoms with E-state index in [1.165, 1.54) is 63.0 Å². The van der Waals surface area contributed by atoms with Gasteiger partial charge in [0.05, 0.1) is 5.60 Å². The third kappa shape index (κ3) is 2.76. The molecule has 1 atom stereocenters. The maximum Gasteiger partial charge on any atom is 0.0702 e. The molecular formula is C18H26N2O. The molecule has 0 bridgehead atoms. The molecule has 21 heavy (non-hydrogen) atoms.